The molecule has 23 heavy (non-hydrogen) atoms. The third-order valence-corrected chi connectivity index (χ3v) is 4.88. The first-order valence-corrected chi connectivity index (χ1v) is 8.35. The van der Waals surface area contributed by atoms with Gasteiger partial charge in [0.05, 0.1) is 41.9 Å². The van der Waals surface area contributed by atoms with Gasteiger partial charge in [0.25, 0.3) is 5.56 Å². The van der Waals surface area contributed by atoms with Crippen molar-refractivity contribution in [3.05, 3.63) is 51.9 Å². The van der Waals surface area contributed by atoms with Gasteiger partial charge in [-0.05, 0) is 12.1 Å². The zero-order valence-corrected chi connectivity index (χ0v) is 13.3. The highest BCUT2D eigenvalue weighted by Crippen LogP contribution is 2.21. The Morgan fingerprint density at radius 1 is 1.22 bits per heavy atom. The van der Waals surface area contributed by atoms with Crippen LogP contribution in [0.5, 0.6) is 0 Å². The highest BCUT2D eigenvalue weighted by atomic mass is 32.1. The minimum atomic E-state index is -0.103. The van der Waals surface area contributed by atoms with Crippen molar-refractivity contribution in [2.24, 2.45) is 0 Å². The number of ether oxygens (including phenoxy) is 1. The Morgan fingerprint density at radius 2 is 2.04 bits per heavy atom. The number of aromatic nitrogens is 3. The summed E-state index contributed by atoms with van der Waals surface area (Å²) in [5, 5.41) is 5.20. The summed E-state index contributed by atoms with van der Waals surface area (Å²) in [6, 6.07) is 9.62. The van der Waals surface area contributed by atoms with E-state index >= 15 is 0 Å². The van der Waals surface area contributed by atoms with E-state index < -0.39 is 0 Å². The van der Waals surface area contributed by atoms with Crippen molar-refractivity contribution >= 4 is 27.2 Å². The van der Waals surface area contributed by atoms with Crippen LogP contribution in [-0.4, -0.2) is 41.1 Å². The maximum absolute atomic E-state index is 12.3. The lowest BCUT2D eigenvalue weighted by atomic mass is 10.3. The van der Waals surface area contributed by atoms with Crippen LogP contribution in [0.3, 0.4) is 0 Å². The lowest BCUT2D eigenvalue weighted by Gasteiger charge is -2.28. The number of hydrogen-bond acceptors (Lipinski definition) is 6. The molecule has 118 valence electrons. The van der Waals surface area contributed by atoms with E-state index in [-0.39, 0.29) is 5.56 Å². The average molecular weight is 328 g/mol. The van der Waals surface area contributed by atoms with Gasteiger partial charge in [0, 0.05) is 19.2 Å². The summed E-state index contributed by atoms with van der Waals surface area (Å²) >= 11 is 1.60. The standard InChI is InChI=1S/C16H16N4O2S/c21-16-9-12(19-5-7-22-8-6-19)10-17-20(16)11-15-18-13-3-1-2-4-14(13)23-15/h1-4,9-10H,5-8,11H2. The molecule has 1 fully saturated rings. The van der Waals surface area contributed by atoms with E-state index in [2.05, 4.69) is 15.0 Å². The van der Waals surface area contributed by atoms with Crippen LogP contribution in [0, 0.1) is 0 Å². The van der Waals surface area contributed by atoms with Crippen molar-refractivity contribution in [2.75, 3.05) is 31.2 Å². The fraction of sp³-hybridized carbons (Fsp3) is 0.312. The Morgan fingerprint density at radius 3 is 2.83 bits per heavy atom. The van der Waals surface area contributed by atoms with Crippen molar-refractivity contribution in [2.45, 2.75) is 6.54 Å². The van der Waals surface area contributed by atoms with Crippen molar-refractivity contribution in [3.63, 3.8) is 0 Å². The monoisotopic (exact) mass is 328 g/mol. The van der Waals surface area contributed by atoms with Gasteiger partial charge in [-0.1, -0.05) is 12.1 Å². The molecule has 6 nitrogen and oxygen atoms in total. The summed E-state index contributed by atoms with van der Waals surface area (Å²) in [7, 11) is 0. The van der Waals surface area contributed by atoms with Crippen LogP contribution in [0.1, 0.15) is 5.01 Å². The Bertz CT molecular complexity index is 850. The van der Waals surface area contributed by atoms with Crippen LogP contribution in [-0.2, 0) is 11.3 Å². The van der Waals surface area contributed by atoms with Gasteiger partial charge >= 0.3 is 0 Å². The normalized spacial score (nSPS) is 15.2. The van der Waals surface area contributed by atoms with Crippen LogP contribution in [0.4, 0.5) is 5.69 Å². The molecule has 1 aliphatic rings. The molecule has 0 saturated carbocycles. The summed E-state index contributed by atoms with van der Waals surface area (Å²) in [6.07, 6.45) is 1.75. The fourth-order valence-electron chi connectivity index (χ4n) is 2.65. The topological polar surface area (TPSA) is 60.3 Å². The van der Waals surface area contributed by atoms with Crippen LogP contribution in [0.2, 0.25) is 0 Å². The van der Waals surface area contributed by atoms with Crippen LogP contribution in [0.25, 0.3) is 10.2 Å². The number of fused-ring (bicyclic) bond motifs is 1. The second kappa shape index (κ2) is 6.10. The molecular weight excluding hydrogens is 312 g/mol. The number of thiazole rings is 1. The molecule has 0 atom stereocenters. The molecule has 0 N–H and O–H groups in total. The van der Waals surface area contributed by atoms with E-state index in [1.54, 1.807) is 23.6 Å². The third kappa shape index (κ3) is 2.97. The van der Waals surface area contributed by atoms with Gasteiger partial charge in [0.2, 0.25) is 0 Å². The quantitative estimate of drug-likeness (QED) is 0.733. The number of benzene rings is 1. The molecule has 1 aromatic carbocycles. The highest BCUT2D eigenvalue weighted by Gasteiger charge is 2.13. The summed E-state index contributed by atoms with van der Waals surface area (Å²) in [4.78, 5) is 19.0. The molecule has 2 aromatic heterocycles. The van der Waals surface area contributed by atoms with Gasteiger partial charge in [-0.25, -0.2) is 9.67 Å². The number of nitrogens with zero attached hydrogens (tertiary/aromatic N) is 4. The average Bonchev–Trinajstić information content (AvgIpc) is 3.00. The summed E-state index contributed by atoms with van der Waals surface area (Å²) in [6.45, 7) is 3.37. The maximum atomic E-state index is 12.3. The summed E-state index contributed by atoms with van der Waals surface area (Å²) < 4.78 is 7.92. The molecule has 7 heteroatoms. The molecule has 1 saturated heterocycles. The summed E-state index contributed by atoms with van der Waals surface area (Å²) in [5.74, 6) is 0. The van der Waals surface area contributed by atoms with Crippen molar-refractivity contribution in [1.82, 2.24) is 14.8 Å². The number of anilines is 1. The molecule has 0 spiro atoms. The molecule has 0 unspecified atom stereocenters. The van der Waals surface area contributed by atoms with Gasteiger partial charge in [0.15, 0.2) is 0 Å². The van der Waals surface area contributed by atoms with Crippen LogP contribution < -0.4 is 10.5 Å². The number of para-hydroxylation sites is 1. The lowest BCUT2D eigenvalue weighted by molar-refractivity contribution is 0.122. The van der Waals surface area contributed by atoms with E-state index in [0.29, 0.717) is 19.8 Å². The zero-order valence-electron chi connectivity index (χ0n) is 12.5. The third-order valence-electron chi connectivity index (χ3n) is 3.85. The number of rotatable bonds is 3. The number of hydrogen-bond donors (Lipinski definition) is 0. The van der Waals surface area contributed by atoms with Gasteiger partial charge in [-0.3, -0.25) is 4.79 Å². The lowest BCUT2D eigenvalue weighted by Crippen LogP contribution is -2.37. The molecule has 0 bridgehead atoms. The molecule has 0 aliphatic carbocycles. The first-order chi connectivity index (χ1) is 11.3. The second-order valence-electron chi connectivity index (χ2n) is 5.38. The van der Waals surface area contributed by atoms with Gasteiger partial charge in [0.1, 0.15) is 5.01 Å². The maximum Gasteiger partial charge on any atom is 0.269 e. The van der Waals surface area contributed by atoms with E-state index in [9.17, 15) is 4.79 Å². The fourth-order valence-corrected chi connectivity index (χ4v) is 3.60. The SMILES string of the molecule is O=c1cc(N2CCOCC2)cnn1Cc1nc2ccccc2s1. The predicted molar refractivity (Wildman–Crippen MR) is 90.3 cm³/mol. The Kier molecular flexibility index (Phi) is 3.80. The largest absolute Gasteiger partial charge is 0.378 e. The smallest absolute Gasteiger partial charge is 0.269 e. The van der Waals surface area contributed by atoms with E-state index in [1.807, 2.05) is 24.3 Å². The van der Waals surface area contributed by atoms with Crippen molar-refractivity contribution < 1.29 is 4.74 Å². The molecule has 3 heterocycles. The molecule has 4 rings (SSSR count). The van der Waals surface area contributed by atoms with E-state index in [1.165, 1.54) is 4.68 Å². The van der Waals surface area contributed by atoms with Crippen molar-refractivity contribution in [3.8, 4) is 0 Å². The first kappa shape index (κ1) is 14.3. The molecule has 0 radical (unpaired) electrons. The zero-order chi connectivity index (χ0) is 15.6. The molecule has 1 aliphatic heterocycles. The number of morpholine rings is 1. The van der Waals surface area contributed by atoms with Gasteiger partial charge in [-0.2, -0.15) is 5.10 Å². The highest BCUT2D eigenvalue weighted by molar-refractivity contribution is 7.18. The first-order valence-electron chi connectivity index (χ1n) is 7.54. The Labute approximate surface area is 137 Å². The Balaban J connectivity index is 1.58. The Hall–Kier alpha value is -2.25. The molecular formula is C16H16N4O2S. The van der Waals surface area contributed by atoms with Gasteiger partial charge < -0.3 is 9.64 Å². The van der Waals surface area contributed by atoms with Crippen LogP contribution in [0.15, 0.2) is 41.3 Å². The molecule has 0 amide bonds. The predicted octanol–water partition coefficient (Wildman–Crippen LogP) is 1.74. The minimum Gasteiger partial charge on any atom is -0.378 e. The van der Waals surface area contributed by atoms with Gasteiger partial charge in [-0.15, -0.1) is 11.3 Å². The van der Waals surface area contributed by atoms with Crippen LogP contribution >= 0.6 is 11.3 Å². The van der Waals surface area contributed by atoms with E-state index in [0.717, 1.165) is 34.0 Å². The summed E-state index contributed by atoms with van der Waals surface area (Å²) in [5.41, 5.74) is 1.72. The second-order valence-corrected chi connectivity index (χ2v) is 6.50. The molecule has 3 aromatic rings. The van der Waals surface area contributed by atoms with E-state index in [4.69, 9.17) is 4.74 Å². The minimum absolute atomic E-state index is 0.103. The van der Waals surface area contributed by atoms with Crippen molar-refractivity contribution in [1.29, 1.82) is 0 Å².